The van der Waals surface area contributed by atoms with Crippen LogP contribution in [0.3, 0.4) is 0 Å². The minimum Gasteiger partial charge on any atom is -0.395 e. The van der Waals surface area contributed by atoms with Crippen LogP contribution in [-0.4, -0.2) is 19.8 Å². The van der Waals surface area contributed by atoms with Gasteiger partial charge in [-0.2, -0.15) is 0 Å². The molecule has 0 spiro atoms. The lowest BCUT2D eigenvalue weighted by Gasteiger charge is -2.13. The van der Waals surface area contributed by atoms with Gasteiger partial charge in [0.25, 0.3) is 0 Å². The Kier molecular flexibility index (Phi) is 4.95. The molecule has 0 aromatic heterocycles. The Morgan fingerprint density at radius 1 is 1.42 bits per heavy atom. The van der Waals surface area contributed by atoms with E-state index in [2.05, 4.69) is 38.1 Å². The number of hydrogen-bond acceptors (Lipinski definition) is 1. The van der Waals surface area contributed by atoms with Crippen molar-refractivity contribution in [3.8, 4) is 11.8 Å². The molecular formula is C10H18OSi. The van der Waals surface area contributed by atoms with E-state index in [9.17, 15) is 0 Å². The fraction of sp³-hybridized carbons (Fsp3) is 0.600. The van der Waals surface area contributed by atoms with Crippen LogP contribution in [0.15, 0.2) is 12.2 Å². The van der Waals surface area contributed by atoms with Crippen LogP contribution in [0, 0.1) is 11.8 Å². The fourth-order valence-corrected chi connectivity index (χ4v) is 2.30. The Labute approximate surface area is 76.5 Å². The summed E-state index contributed by atoms with van der Waals surface area (Å²) in [5.41, 5.74) is 1.02. The first-order valence-corrected chi connectivity index (χ1v) is 7.94. The van der Waals surface area contributed by atoms with Crippen LogP contribution < -0.4 is 0 Å². The topological polar surface area (TPSA) is 20.2 Å². The summed E-state index contributed by atoms with van der Waals surface area (Å²) in [4.78, 5) is 0. The average molecular weight is 182 g/mol. The summed E-state index contributed by atoms with van der Waals surface area (Å²) >= 11 is 0. The second-order valence-corrected chi connectivity index (χ2v) is 9.59. The molecule has 0 rings (SSSR count). The fourth-order valence-electron chi connectivity index (χ4n) is 0.928. The molecule has 0 unspecified atom stereocenters. The summed E-state index contributed by atoms with van der Waals surface area (Å²) in [5.74, 6) is 5.85. The van der Waals surface area contributed by atoms with E-state index in [-0.39, 0.29) is 6.61 Å². The minimum atomic E-state index is -1.05. The summed E-state index contributed by atoms with van der Waals surface area (Å²) in [6, 6.07) is 1.06. The molecule has 0 atom stereocenters. The third-order valence-electron chi connectivity index (χ3n) is 1.25. The smallest absolute Gasteiger partial charge is 0.0540 e. The first-order chi connectivity index (χ1) is 5.45. The molecule has 0 aromatic carbocycles. The van der Waals surface area contributed by atoms with E-state index in [1.807, 2.05) is 0 Å². The Bertz CT molecular complexity index is 202. The van der Waals surface area contributed by atoms with Crippen molar-refractivity contribution in [3.05, 3.63) is 12.2 Å². The maximum atomic E-state index is 8.49. The highest BCUT2D eigenvalue weighted by Crippen LogP contribution is 2.13. The van der Waals surface area contributed by atoms with Crippen molar-refractivity contribution in [3.63, 3.8) is 0 Å². The van der Waals surface area contributed by atoms with Gasteiger partial charge in [0.05, 0.1) is 6.61 Å². The van der Waals surface area contributed by atoms with E-state index in [0.29, 0.717) is 6.42 Å². The molecule has 68 valence electrons. The molecule has 0 saturated carbocycles. The van der Waals surface area contributed by atoms with Crippen LogP contribution in [0.2, 0.25) is 25.7 Å². The summed E-state index contributed by atoms with van der Waals surface area (Å²) in [5, 5.41) is 8.49. The van der Waals surface area contributed by atoms with E-state index in [1.165, 1.54) is 0 Å². The van der Waals surface area contributed by atoms with Crippen molar-refractivity contribution in [1.82, 2.24) is 0 Å². The SMILES string of the molecule is C=C(C#CCCO)C[Si](C)(C)C. The molecule has 0 saturated heterocycles. The van der Waals surface area contributed by atoms with Crippen LogP contribution in [0.5, 0.6) is 0 Å². The van der Waals surface area contributed by atoms with E-state index in [4.69, 9.17) is 5.11 Å². The third-order valence-corrected chi connectivity index (χ3v) is 2.73. The first-order valence-electron chi connectivity index (χ1n) is 4.23. The zero-order valence-corrected chi connectivity index (χ0v) is 9.28. The van der Waals surface area contributed by atoms with E-state index >= 15 is 0 Å². The maximum absolute atomic E-state index is 8.49. The number of aliphatic hydroxyl groups is 1. The minimum absolute atomic E-state index is 0.146. The zero-order chi connectivity index (χ0) is 9.61. The van der Waals surface area contributed by atoms with Crippen molar-refractivity contribution >= 4 is 8.07 Å². The summed E-state index contributed by atoms with van der Waals surface area (Å²) in [6.45, 7) is 10.9. The predicted octanol–water partition coefficient (Wildman–Crippen LogP) is 2.27. The molecule has 0 amide bonds. The molecule has 0 fully saturated rings. The standard InChI is InChI=1S/C10H18OSi/c1-10(7-5-6-8-11)9-12(2,3)4/h11H,1,6,8-9H2,2-4H3. The van der Waals surface area contributed by atoms with Crippen molar-refractivity contribution in [2.24, 2.45) is 0 Å². The van der Waals surface area contributed by atoms with Gasteiger partial charge in [-0.3, -0.25) is 0 Å². The van der Waals surface area contributed by atoms with Gasteiger partial charge in [-0.15, -0.1) is 0 Å². The van der Waals surface area contributed by atoms with Gasteiger partial charge < -0.3 is 5.11 Å². The van der Waals surface area contributed by atoms with Crippen molar-refractivity contribution in [2.45, 2.75) is 32.1 Å². The highest BCUT2D eigenvalue weighted by Gasteiger charge is 2.12. The molecule has 0 heterocycles. The molecule has 1 nitrogen and oxygen atoms in total. The molecular weight excluding hydrogens is 164 g/mol. The Hall–Kier alpha value is -0.523. The van der Waals surface area contributed by atoms with Crippen LogP contribution in [-0.2, 0) is 0 Å². The number of rotatable bonds is 3. The molecule has 0 aromatic rings. The highest BCUT2D eigenvalue weighted by molar-refractivity contribution is 6.76. The van der Waals surface area contributed by atoms with Crippen LogP contribution in [0.25, 0.3) is 0 Å². The van der Waals surface area contributed by atoms with E-state index < -0.39 is 8.07 Å². The summed E-state index contributed by atoms with van der Waals surface area (Å²) < 4.78 is 0. The van der Waals surface area contributed by atoms with Crippen LogP contribution >= 0.6 is 0 Å². The average Bonchev–Trinajstić information content (AvgIpc) is 1.84. The lowest BCUT2D eigenvalue weighted by Crippen LogP contribution is -2.19. The second kappa shape index (κ2) is 5.18. The molecule has 0 bridgehead atoms. The van der Waals surface area contributed by atoms with Gasteiger partial charge in [0.2, 0.25) is 0 Å². The van der Waals surface area contributed by atoms with Crippen LogP contribution in [0.1, 0.15) is 6.42 Å². The predicted molar refractivity (Wildman–Crippen MR) is 56.8 cm³/mol. The van der Waals surface area contributed by atoms with Crippen molar-refractivity contribution in [2.75, 3.05) is 6.61 Å². The van der Waals surface area contributed by atoms with Crippen molar-refractivity contribution in [1.29, 1.82) is 0 Å². The van der Waals surface area contributed by atoms with Crippen LogP contribution in [0.4, 0.5) is 0 Å². The van der Waals surface area contributed by atoms with Gasteiger partial charge >= 0.3 is 0 Å². The van der Waals surface area contributed by atoms with E-state index in [0.717, 1.165) is 11.6 Å². The zero-order valence-electron chi connectivity index (χ0n) is 8.28. The van der Waals surface area contributed by atoms with Crippen molar-refractivity contribution < 1.29 is 5.11 Å². The number of aliphatic hydroxyl groups excluding tert-OH is 1. The largest absolute Gasteiger partial charge is 0.395 e. The maximum Gasteiger partial charge on any atom is 0.0540 e. The molecule has 0 aliphatic heterocycles. The Morgan fingerprint density at radius 3 is 2.42 bits per heavy atom. The van der Waals surface area contributed by atoms with Gasteiger partial charge in [0, 0.05) is 14.5 Å². The van der Waals surface area contributed by atoms with Gasteiger partial charge in [0.15, 0.2) is 0 Å². The molecule has 0 radical (unpaired) electrons. The first kappa shape index (κ1) is 11.5. The molecule has 0 aliphatic rings. The Balaban J connectivity index is 3.85. The summed E-state index contributed by atoms with van der Waals surface area (Å²) in [6.07, 6.45) is 0.560. The van der Waals surface area contributed by atoms with Gasteiger partial charge in [-0.25, -0.2) is 0 Å². The highest BCUT2D eigenvalue weighted by atomic mass is 28.3. The molecule has 12 heavy (non-hydrogen) atoms. The lowest BCUT2D eigenvalue weighted by atomic mass is 10.3. The third kappa shape index (κ3) is 7.58. The lowest BCUT2D eigenvalue weighted by molar-refractivity contribution is 0.305. The number of allylic oxidation sites excluding steroid dienone is 1. The van der Waals surface area contributed by atoms with E-state index in [1.54, 1.807) is 0 Å². The molecule has 2 heteroatoms. The van der Waals surface area contributed by atoms with Gasteiger partial charge in [-0.1, -0.05) is 38.1 Å². The quantitative estimate of drug-likeness (QED) is 0.524. The molecule has 1 N–H and O–H groups in total. The Morgan fingerprint density at radius 2 is 2.00 bits per heavy atom. The number of hydrogen-bond donors (Lipinski definition) is 1. The normalized spacial score (nSPS) is 10.3. The molecule has 0 aliphatic carbocycles. The summed E-state index contributed by atoms with van der Waals surface area (Å²) in [7, 11) is -1.05. The van der Waals surface area contributed by atoms with Gasteiger partial charge in [-0.05, 0) is 11.6 Å². The monoisotopic (exact) mass is 182 g/mol. The second-order valence-electron chi connectivity index (χ2n) is 4.12. The van der Waals surface area contributed by atoms with Gasteiger partial charge in [0.1, 0.15) is 0 Å².